The lowest BCUT2D eigenvalue weighted by molar-refractivity contribution is -0.131. The lowest BCUT2D eigenvalue weighted by Gasteiger charge is -2.21. The van der Waals surface area contributed by atoms with Gasteiger partial charge in [-0.3, -0.25) is 4.79 Å². The Hall–Kier alpha value is -0.610. The van der Waals surface area contributed by atoms with Gasteiger partial charge >= 0.3 is 0 Å². The normalized spacial score (nSPS) is 19.7. The number of rotatable bonds is 4. The minimum Gasteiger partial charge on any atom is -0.380 e. The Morgan fingerprint density at radius 1 is 1.47 bits per heavy atom. The van der Waals surface area contributed by atoms with Crippen molar-refractivity contribution in [3.63, 3.8) is 0 Å². The van der Waals surface area contributed by atoms with E-state index in [1.165, 1.54) is 0 Å². The van der Waals surface area contributed by atoms with E-state index < -0.39 is 0 Å². The quantitative estimate of drug-likeness (QED) is 0.751. The van der Waals surface area contributed by atoms with Crippen LogP contribution in [-0.4, -0.2) is 43.2 Å². The van der Waals surface area contributed by atoms with Crippen LogP contribution in [0.4, 0.5) is 0 Å². The molecular weight excluding hydrogens is 192 g/mol. The Morgan fingerprint density at radius 3 is 3.00 bits per heavy atom. The van der Waals surface area contributed by atoms with Crippen molar-refractivity contribution >= 4 is 5.91 Å². The number of nitrogens with zero attached hydrogens (tertiary/aromatic N) is 1. The molecule has 1 rings (SSSR count). The summed E-state index contributed by atoms with van der Waals surface area (Å²) in [7, 11) is 0. The van der Waals surface area contributed by atoms with E-state index in [-0.39, 0.29) is 11.9 Å². The van der Waals surface area contributed by atoms with Crippen LogP contribution in [-0.2, 0) is 9.53 Å². The van der Waals surface area contributed by atoms with Gasteiger partial charge < -0.3 is 15.4 Å². The van der Waals surface area contributed by atoms with E-state index in [0.29, 0.717) is 13.0 Å². The maximum Gasteiger partial charge on any atom is 0.224 e. The molecule has 0 aliphatic carbocycles. The fourth-order valence-corrected chi connectivity index (χ4v) is 1.82. The fourth-order valence-electron chi connectivity index (χ4n) is 1.82. The van der Waals surface area contributed by atoms with Gasteiger partial charge in [-0.1, -0.05) is 13.3 Å². The number of hydrogen-bond donors (Lipinski definition) is 1. The van der Waals surface area contributed by atoms with Gasteiger partial charge in [0, 0.05) is 32.2 Å². The van der Waals surface area contributed by atoms with Crippen LogP contribution < -0.4 is 5.73 Å². The zero-order valence-corrected chi connectivity index (χ0v) is 9.58. The lowest BCUT2D eigenvalue weighted by atomic mass is 10.1. The summed E-state index contributed by atoms with van der Waals surface area (Å²) in [6.45, 7) is 5.05. The summed E-state index contributed by atoms with van der Waals surface area (Å²) in [4.78, 5) is 13.7. The summed E-state index contributed by atoms with van der Waals surface area (Å²) in [5.41, 5.74) is 5.85. The van der Waals surface area contributed by atoms with Crippen LogP contribution in [0.5, 0.6) is 0 Å². The van der Waals surface area contributed by atoms with Gasteiger partial charge in [0.2, 0.25) is 5.91 Å². The van der Waals surface area contributed by atoms with E-state index in [2.05, 4.69) is 6.92 Å². The SMILES string of the molecule is CCCC(N)CC(=O)N1CCCOCC1. The van der Waals surface area contributed by atoms with Crippen molar-refractivity contribution in [3.8, 4) is 0 Å². The zero-order chi connectivity index (χ0) is 11.1. The molecule has 0 aromatic rings. The first-order valence-corrected chi connectivity index (χ1v) is 5.85. The number of amides is 1. The average molecular weight is 214 g/mol. The molecule has 0 radical (unpaired) electrons. The third-order valence-electron chi connectivity index (χ3n) is 2.67. The smallest absolute Gasteiger partial charge is 0.224 e. The zero-order valence-electron chi connectivity index (χ0n) is 9.58. The van der Waals surface area contributed by atoms with Gasteiger partial charge in [0.15, 0.2) is 0 Å². The molecule has 1 atom stereocenters. The minimum absolute atomic E-state index is 0.0201. The molecular formula is C11H22N2O2. The molecule has 0 bridgehead atoms. The van der Waals surface area contributed by atoms with Crippen LogP contribution in [0.1, 0.15) is 32.6 Å². The highest BCUT2D eigenvalue weighted by Crippen LogP contribution is 2.05. The Morgan fingerprint density at radius 2 is 2.27 bits per heavy atom. The largest absolute Gasteiger partial charge is 0.380 e. The highest BCUT2D eigenvalue weighted by atomic mass is 16.5. The Kier molecular flexibility index (Phi) is 5.65. The molecule has 1 unspecified atom stereocenters. The summed E-state index contributed by atoms with van der Waals surface area (Å²) >= 11 is 0. The summed E-state index contributed by atoms with van der Waals surface area (Å²) in [5, 5.41) is 0. The van der Waals surface area contributed by atoms with Crippen molar-refractivity contribution in [2.75, 3.05) is 26.3 Å². The number of carbonyl (C=O) groups excluding carboxylic acids is 1. The average Bonchev–Trinajstić information content (AvgIpc) is 2.45. The summed E-state index contributed by atoms with van der Waals surface area (Å²) in [6.07, 6.45) is 3.39. The Labute approximate surface area is 91.8 Å². The van der Waals surface area contributed by atoms with Crippen molar-refractivity contribution in [1.82, 2.24) is 4.90 Å². The minimum atomic E-state index is 0.0201. The third kappa shape index (κ3) is 4.62. The summed E-state index contributed by atoms with van der Waals surface area (Å²) in [5.74, 6) is 0.182. The van der Waals surface area contributed by atoms with Crippen LogP contribution in [0.2, 0.25) is 0 Å². The predicted octanol–water partition coefficient (Wildman–Crippen LogP) is 0.753. The van der Waals surface area contributed by atoms with Crippen LogP contribution in [0.25, 0.3) is 0 Å². The van der Waals surface area contributed by atoms with Gasteiger partial charge in [-0.2, -0.15) is 0 Å². The monoisotopic (exact) mass is 214 g/mol. The molecule has 0 aromatic carbocycles. The first kappa shape index (κ1) is 12.5. The molecule has 0 aromatic heterocycles. The molecule has 0 saturated carbocycles. The molecule has 1 heterocycles. The van der Waals surface area contributed by atoms with Gasteiger partial charge in [0.05, 0.1) is 6.61 Å². The van der Waals surface area contributed by atoms with Crippen molar-refractivity contribution in [1.29, 1.82) is 0 Å². The van der Waals surface area contributed by atoms with Gasteiger partial charge in [0.1, 0.15) is 0 Å². The topological polar surface area (TPSA) is 55.6 Å². The van der Waals surface area contributed by atoms with E-state index in [1.54, 1.807) is 0 Å². The second-order valence-corrected chi connectivity index (χ2v) is 4.10. The van der Waals surface area contributed by atoms with Crippen LogP contribution in [0.15, 0.2) is 0 Å². The molecule has 15 heavy (non-hydrogen) atoms. The van der Waals surface area contributed by atoms with Crippen molar-refractivity contribution < 1.29 is 9.53 Å². The maximum atomic E-state index is 11.8. The lowest BCUT2D eigenvalue weighted by Crippen LogP contribution is -2.37. The third-order valence-corrected chi connectivity index (χ3v) is 2.67. The second kappa shape index (κ2) is 6.80. The Balaban J connectivity index is 2.30. The summed E-state index contributed by atoms with van der Waals surface area (Å²) in [6, 6.07) is 0.0201. The highest BCUT2D eigenvalue weighted by Gasteiger charge is 2.17. The Bertz CT molecular complexity index is 189. The molecule has 4 heteroatoms. The molecule has 1 amide bonds. The standard InChI is InChI=1S/C11H22N2O2/c1-2-4-10(12)9-11(14)13-5-3-7-15-8-6-13/h10H,2-9,12H2,1H3. The second-order valence-electron chi connectivity index (χ2n) is 4.10. The van der Waals surface area contributed by atoms with Crippen molar-refractivity contribution in [2.45, 2.75) is 38.6 Å². The van der Waals surface area contributed by atoms with E-state index >= 15 is 0 Å². The number of ether oxygens (including phenoxy) is 1. The van der Waals surface area contributed by atoms with Crippen molar-refractivity contribution in [2.24, 2.45) is 5.73 Å². The fraction of sp³-hybridized carbons (Fsp3) is 0.909. The van der Waals surface area contributed by atoms with Gasteiger partial charge in [-0.25, -0.2) is 0 Å². The number of nitrogens with two attached hydrogens (primary N) is 1. The molecule has 0 spiro atoms. The molecule has 1 fully saturated rings. The predicted molar refractivity (Wildman–Crippen MR) is 59.5 cm³/mol. The molecule has 88 valence electrons. The number of carbonyl (C=O) groups is 1. The van der Waals surface area contributed by atoms with Crippen molar-refractivity contribution in [3.05, 3.63) is 0 Å². The molecule has 4 nitrogen and oxygen atoms in total. The molecule has 1 saturated heterocycles. The first-order chi connectivity index (χ1) is 7.24. The summed E-state index contributed by atoms with van der Waals surface area (Å²) < 4.78 is 5.30. The van der Waals surface area contributed by atoms with Gasteiger partial charge in [-0.15, -0.1) is 0 Å². The van der Waals surface area contributed by atoms with Crippen LogP contribution in [0.3, 0.4) is 0 Å². The maximum absolute atomic E-state index is 11.8. The number of hydrogen-bond acceptors (Lipinski definition) is 3. The van der Waals surface area contributed by atoms with Gasteiger partial charge in [-0.05, 0) is 12.8 Å². The first-order valence-electron chi connectivity index (χ1n) is 5.85. The van der Waals surface area contributed by atoms with Gasteiger partial charge in [0.25, 0.3) is 0 Å². The van der Waals surface area contributed by atoms with E-state index in [4.69, 9.17) is 10.5 Å². The van der Waals surface area contributed by atoms with Crippen LogP contribution in [0, 0.1) is 0 Å². The molecule has 1 aliphatic heterocycles. The van der Waals surface area contributed by atoms with E-state index in [1.807, 2.05) is 4.90 Å². The highest BCUT2D eigenvalue weighted by molar-refractivity contribution is 5.76. The van der Waals surface area contributed by atoms with E-state index in [0.717, 1.165) is 39.0 Å². The molecule has 2 N–H and O–H groups in total. The van der Waals surface area contributed by atoms with E-state index in [9.17, 15) is 4.79 Å². The molecule has 1 aliphatic rings. The van der Waals surface area contributed by atoms with Crippen LogP contribution >= 0.6 is 0 Å².